The van der Waals surface area contributed by atoms with Gasteiger partial charge in [0.2, 0.25) is 5.76 Å². The molecule has 1 N–H and O–H groups in total. The molecule has 0 atom stereocenters. The zero-order chi connectivity index (χ0) is 16.4. The second-order valence-corrected chi connectivity index (χ2v) is 6.45. The molecule has 7 heteroatoms. The molecule has 3 heterocycles. The summed E-state index contributed by atoms with van der Waals surface area (Å²) in [7, 11) is 0. The Morgan fingerprint density at radius 1 is 1.25 bits per heavy atom. The topological polar surface area (TPSA) is 84.2 Å². The standard InChI is InChI=1S/C17H21N5O2/c23-17(16-13-3-1-2-4-14(13)21-24-16)22-9-6-12(7-10-22)20-15-5-8-18-11-19-15/h5,8,11-12H,1-4,6-7,9-10H2,(H,18,19,20). The predicted octanol–water partition coefficient (Wildman–Crippen LogP) is 2.06. The normalized spacial score (nSPS) is 18.2. The smallest absolute Gasteiger partial charge is 0.292 e. The Labute approximate surface area is 140 Å². The lowest BCUT2D eigenvalue weighted by atomic mass is 9.95. The Morgan fingerprint density at radius 3 is 2.88 bits per heavy atom. The quantitative estimate of drug-likeness (QED) is 0.929. The molecule has 126 valence electrons. The number of nitrogens with one attached hydrogen (secondary N) is 1. The number of likely N-dealkylation sites (tertiary alicyclic amines) is 1. The average molecular weight is 327 g/mol. The Morgan fingerprint density at radius 2 is 2.08 bits per heavy atom. The van der Waals surface area contributed by atoms with Crippen LogP contribution in [0.2, 0.25) is 0 Å². The van der Waals surface area contributed by atoms with E-state index in [4.69, 9.17) is 4.52 Å². The van der Waals surface area contributed by atoms with Gasteiger partial charge < -0.3 is 14.7 Å². The van der Waals surface area contributed by atoms with Crippen LogP contribution in [0.15, 0.2) is 23.1 Å². The summed E-state index contributed by atoms with van der Waals surface area (Å²) in [4.78, 5) is 22.7. The maximum absolute atomic E-state index is 12.7. The molecule has 0 spiro atoms. The molecule has 0 unspecified atom stereocenters. The second-order valence-electron chi connectivity index (χ2n) is 6.45. The number of hydrogen-bond acceptors (Lipinski definition) is 6. The van der Waals surface area contributed by atoms with Gasteiger partial charge in [-0.05, 0) is 44.6 Å². The fraction of sp³-hybridized carbons (Fsp3) is 0.529. The van der Waals surface area contributed by atoms with E-state index in [1.54, 1.807) is 6.20 Å². The van der Waals surface area contributed by atoms with Crippen LogP contribution in [-0.2, 0) is 12.8 Å². The van der Waals surface area contributed by atoms with Crippen molar-refractivity contribution in [1.29, 1.82) is 0 Å². The maximum atomic E-state index is 12.7. The molecular formula is C17H21N5O2. The van der Waals surface area contributed by atoms with Gasteiger partial charge in [-0.15, -0.1) is 0 Å². The van der Waals surface area contributed by atoms with Crippen LogP contribution in [0.1, 0.15) is 47.5 Å². The third-order valence-electron chi connectivity index (χ3n) is 4.87. The van der Waals surface area contributed by atoms with Gasteiger partial charge in [-0.25, -0.2) is 9.97 Å². The Kier molecular flexibility index (Phi) is 4.15. The van der Waals surface area contributed by atoms with Crippen molar-refractivity contribution >= 4 is 11.7 Å². The molecule has 2 aromatic rings. The zero-order valence-electron chi connectivity index (χ0n) is 13.6. The number of aromatic nitrogens is 3. The number of carbonyl (C=O) groups excluding carboxylic acids is 1. The molecular weight excluding hydrogens is 306 g/mol. The van der Waals surface area contributed by atoms with Crippen molar-refractivity contribution < 1.29 is 9.32 Å². The summed E-state index contributed by atoms with van der Waals surface area (Å²) < 4.78 is 5.38. The van der Waals surface area contributed by atoms with Gasteiger partial charge in [0, 0.05) is 30.9 Å². The van der Waals surface area contributed by atoms with Crippen LogP contribution in [0.5, 0.6) is 0 Å². The van der Waals surface area contributed by atoms with Crippen molar-refractivity contribution in [3.63, 3.8) is 0 Å². The summed E-state index contributed by atoms with van der Waals surface area (Å²) in [6.45, 7) is 1.44. The number of carbonyl (C=O) groups is 1. The molecule has 1 aliphatic carbocycles. The number of amides is 1. The summed E-state index contributed by atoms with van der Waals surface area (Å²) in [5, 5.41) is 7.49. The van der Waals surface area contributed by atoms with E-state index in [0.29, 0.717) is 11.8 Å². The number of fused-ring (bicyclic) bond motifs is 1. The van der Waals surface area contributed by atoms with E-state index in [1.165, 1.54) is 6.33 Å². The van der Waals surface area contributed by atoms with E-state index in [1.807, 2.05) is 11.0 Å². The minimum Gasteiger partial charge on any atom is -0.367 e. The second kappa shape index (κ2) is 6.59. The highest BCUT2D eigenvalue weighted by molar-refractivity contribution is 5.93. The lowest BCUT2D eigenvalue weighted by Crippen LogP contribution is -2.42. The van der Waals surface area contributed by atoms with Crippen molar-refractivity contribution in [2.24, 2.45) is 0 Å². The van der Waals surface area contributed by atoms with Gasteiger partial charge >= 0.3 is 0 Å². The lowest BCUT2D eigenvalue weighted by Gasteiger charge is -2.32. The molecule has 1 saturated heterocycles. The number of hydrogen-bond donors (Lipinski definition) is 1. The third kappa shape index (κ3) is 2.98. The van der Waals surface area contributed by atoms with Crippen molar-refractivity contribution in [3.8, 4) is 0 Å². The van der Waals surface area contributed by atoms with Gasteiger partial charge in [0.15, 0.2) is 0 Å². The molecule has 0 radical (unpaired) electrons. The highest BCUT2D eigenvalue weighted by Gasteiger charge is 2.30. The van der Waals surface area contributed by atoms with Crippen molar-refractivity contribution in [2.75, 3.05) is 18.4 Å². The Balaban J connectivity index is 1.37. The van der Waals surface area contributed by atoms with E-state index in [-0.39, 0.29) is 5.91 Å². The van der Waals surface area contributed by atoms with Crippen LogP contribution >= 0.6 is 0 Å². The Hall–Kier alpha value is -2.44. The van der Waals surface area contributed by atoms with Gasteiger partial charge in [-0.3, -0.25) is 4.79 Å². The number of aryl methyl sites for hydroxylation is 1. The fourth-order valence-electron chi connectivity index (χ4n) is 3.51. The van der Waals surface area contributed by atoms with Gasteiger partial charge in [0.1, 0.15) is 12.1 Å². The summed E-state index contributed by atoms with van der Waals surface area (Å²) in [6, 6.07) is 2.19. The Bertz CT molecular complexity index is 707. The minimum absolute atomic E-state index is 0.00821. The molecule has 24 heavy (non-hydrogen) atoms. The van der Waals surface area contributed by atoms with Crippen molar-refractivity contribution in [3.05, 3.63) is 35.6 Å². The molecule has 7 nitrogen and oxygen atoms in total. The van der Waals surface area contributed by atoms with Crippen LogP contribution in [0.3, 0.4) is 0 Å². The SMILES string of the molecule is O=C(c1onc2c1CCCC2)N1CCC(Nc2ccncn2)CC1. The van der Waals surface area contributed by atoms with E-state index in [2.05, 4.69) is 20.4 Å². The lowest BCUT2D eigenvalue weighted by molar-refractivity contribution is 0.0675. The molecule has 1 aliphatic heterocycles. The number of piperidine rings is 1. The maximum Gasteiger partial charge on any atom is 0.292 e. The molecule has 1 amide bonds. The van der Waals surface area contributed by atoms with Gasteiger partial charge in [-0.2, -0.15) is 0 Å². The monoisotopic (exact) mass is 327 g/mol. The van der Waals surface area contributed by atoms with Gasteiger partial charge in [0.05, 0.1) is 5.69 Å². The first-order valence-electron chi connectivity index (χ1n) is 8.60. The highest BCUT2D eigenvalue weighted by atomic mass is 16.5. The van der Waals surface area contributed by atoms with Gasteiger partial charge in [-0.1, -0.05) is 5.16 Å². The molecule has 2 aromatic heterocycles. The molecule has 0 aromatic carbocycles. The zero-order valence-corrected chi connectivity index (χ0v) is 13.6. The number of anilines is 1. The summed E-state index contributed by atoms with van der Waals surface area (Å²) in [5.74, 6) is 1.29. The largest absolute Gasteiger partial charge is 0.367 e. The first-order chi connectivity index (χ1) is 11.8. The first kappa shape index (κ1) is 15.1. The highest BCUT2D eigenvalue weighted by Crippen LogP contribution is 2.26. The third-order valence-corrected chi connectivity index (χ3v) is 4.87. The van der Waals surface area contributed by atoms with Crippen LogP contribution in [0.25, 0.3) is 0 Å². The van der Waals surface area contributed by atoms with E-state index < -0.39 is 0 Å². The van der Waals surface area contributed by atoms with E-state index >= 15 is 0 Å². The molecule has 0 saturated carbocycles. The van der Waals surface area contributed by atoms with Crippen LogP contribution in [0, 0.1) is 0 Å². The van der Waals surface area contributed by atoms with Crippen molar-refractivity contribution in [2.45, 2.75) is 44.6 Å². The molecule has 4 rings (SSSR count). The summed E-state index contributed by atoms with van der Waals surface area (Å²) in [5.41, 5.74) is 2.01. The fourth-order valence-corrected chi connectivity index (χ4v) is 3.51. The average Bonchev–Trinajstić information content (AvgIpc) is 3.07. The molecule has 1 fully saturated rings. The van der Waals surface area contributed by atoms with E-state index in [0.717, 1.165) is 68.7 Å². The summed E-state index contributed by atoms with van der Waals surface area (Å²) in [6.07, 6.45) is 9.13. The predicted molar refractivity (Wildman–Crippen MR) is 87.7 cm³/mol. The number of rotatable bonds is 3. The van der Waals surface area contributed by atoms with Crippen LogP contribution in [0.4, 0.5) is 5.82 Å². The van der Waals surface area contributed by atoms with Crippen LogP contribution in [-0.4, -0.2) is 45.1 Å². The molecule has 2 aliphatic rings. The molecule has 0 bridgehead atoms. The van der Waals surface area contributed by atoms with Crippen LogP contribution < -0.4 is 5.32 Å². The van der Waals surface area contributed by atoms with E-state index in [9.17, 15) is 4.79 Å². The summed E-state index contributed by atoms with van der Waals surface area (Å²) >= 11 is 0. The minimum atomic E-state index is -0.00821. The van der Waals surface area contributed by atoms with Gasteiger partial charge in [0.25, 0.3) is 5.91 Å². The van der Waals surface area contributed by atoms with Crippen molar-refractivity contribution in [1.82, 2.24) is 20.0 Å². The first-order valence-corrected chi connectivity index (χ1v) is 8.60. The number of nitrogens with zero attached hydrogens (tertiary/aromatic N) is 4.